The zero-order chi connectivity index (χ0) is 14.8. The summed E-state index contributed by atoms with van der Waals surface area (Å²) in [5.74, 6) is -0.337. The highest BCUT2D eigenvalue weighted by molar-refractivity contribution is 6.01. The highest BCUT2D eigenvalue weighted by Gasteiger charge is 2.30. The van der Waals surface area contributed by atoms with Gasteiger partial charge in [-0.1, -0.05) is 25.3 Å². The highest BCUT2D eigenvalue weighted by Crippen LogP contribution is 2.29. The Kier molecular flexibility index (Phi) is 3.92. The molecule has 0 aliphatic heterocycles. The number of benzene rings is 1. The van der Waals surface area contributed by atoms with Gasteiger partial charge in [0.25, 0.3) is 11.6 Å². The second-order valence-corrected chi connectivity index (χ2v) is 5.57. The van der Waals surface area contributed by atoms with Gasteiger partial charge in [0.05, 0.1) is 10.5 Å². The first-order valence-electron chi connectivity index (χ1n) is 6.78. The molecule has 1 aromatic carbocycles. The van der Waals surface area contributed by atoms with Gasteiger partial charge < -0.3 is 11.1 Å². The summed E-state index contributed by atoms with van der Waals surface area (Å²) in [6.45, 7) is 2.01. The van der Waals surface area contributed by atoms with Crippen LogP contribution in [0.2, 0.25) is 0 Å². The number of nitro groups is 1. The lowest BCUT2D eigenvalue weighted by molar-refractivity contribution is -0.383. The fourth-order valence-electron chi connectivity index (χ4n) is 2.71. The van der Waals surface area contributed by atoms with E-state index in [1.165, 1.54) is 24.6 Å². The van der Waals surface area contributed by atoms with Crippen LogP contribution < -0.4 is 11.1 Å². The zero-order valence-electron chi connectivity index (χ0n) is 11.5. The van der Waals surface area contributed by atoms with E-state index in [9.17, 15) is 14.9 Å². The maximum Gasteiger partial charge on any atom is 0.292 e. The van der Waals surface area contributed by atoms with Crippen molar-refractivity contribution in [2.45, 2.75) is 44.6 Å². The SMILES string of the molecule is CC1(NC(=O)c2cccc([N+](=O)[O-])c2N)CCCCC1. The number of anilines is 1. The average Bonchev–Trinajstić information content (AvgIpc) is 2.38. The standard InChI is InChI=1S/C14H19N3O3/c1-14(8-3-2-4-9-14)16-13(18)10-6-5-7-11(12(10)15)17(19)20/h5-7H,2-4,8-9,15H2,1H3,(H,16,18). The molecule has 0 saturated heterocycles. The van der Waals surface area contributed by atoms with E-state index < -0.39 is 4.92 Å². The summed E-state index contributed by atoms with van der Waals surface area (Å²) in [5.41, 5.74) is 5.35. The number of nitrogens with two attached hydrogens (primary N) is 1. The second-order valence-electron chi connectivity index (χ2n) is 5.57. The van der Waals surface area contributed by atoms with Gasteiger partial charge in [-0.25, -0.2) is 0 Å². The monoisotopic (exact) mass is 277 g/mol. The maximum absolute atomic E-state index is 12.3. The third kappa shape index (κ3) is 2.89. The smallest absolute Gasteiger partial charge is 0.292 e. The lowest BCUT2D eigenvalue weighted by Crippen LogP contribution is -2.47. The van der Waals surface area contributed by atoms with E-state index in [1.54, 1.807) is 0 Å². The van der Waals surface area contributed by atoms with Gasteiger partial charge in [0.2, 0.25) is 0 Å². The summed E-state index contributed by atoms with van der Waals surface area (Å²) in [7, 11) is 0. The molecule has 0 atom stereocenters. The molecule has 0 aromatic heterocycles. The van der Waals surface area contributed by atoms with E-state index in [-0.39, 0.29) is 28.4 Å². The van der Waals surface area contributed by atoms with Crippen LogP contribution in [0.4, 0.5) is 11.4 Å². The zero-order valence-corrected chi connectivity index (χ0v) is 11.5. The van der Waals surface area contributed by atoms with Crippen molar-refractivity contribution in [3.8, 4) is 0 Å². The Morgan fingerprint density at radius 2 is 2.00 bits per heavy atom. The summed E-state index contributed by atoms with van der Waals surface area (Å²) in [6.07, 6.45) is 5.20. The van der Waals surface area contributed by atoms with Crippen LogP contribution in [-0.2, 0) is 0 Å². The molecule has 0 bridgehead atoms. The normalized spacial score (nSPS) is 17.4. The molecule has 1 aromatic rings. The number of hydrogen-bond acceptors (Lipinski definition) is 4. The minimum Gasteiger partial charge on any atom is -0.393 e. The summed E-state index contributed by atoms with van der Waals surface area (Å²) >= 11 is 0. The van der Waals surface area contributed by atoms with Crippen LogP contribution in [0.25, 0.3) is 0 Å². The van der Waals surface area contributed by atoms with Crippen molar-refractivity contribution in [3.05, 3.63) is 33.9 Å². The van der Waals surface area contributed by atoms with Gasteiger partial charge in [-0.05, 0) is 25.8 Å². The first kappa shape index (κ1) is 14.3. The third-order valence-corrected chi connectivity index (χ3v) is 3.90. The molecule has 1 aliphatic rings. The van der Waals surface area contributed by atoms with E-state index in [1.807, 2.05) is 6.92 Å². The molecule has 20 heavy (non-hydrogen) atoms. The van der Waals surface area contributed by atoms with Crippen LogP contribution in [0.15, 0.2) is 18.2 Å². The first-order valence-corrected chi connectivity index (χ1v) is 6.78. The predicted octanol–water partition coefficient (Wildman–Crippen LogP) is 2.63. The molecule has 0 heterocycles. The predicted molar refractivity (Wildman–Crippen MR) is 76.5 cm³/mol. The molecule has 108 valence electrons. The fourth-order valence-corrected chi connectivity index (χ4v) is 2.71. The average molecular weight is 277 g/mol. The minimum absolute atomic E-state index is 0.0746. The van der Waals surface area contributed by atoms with Crippen LogP contribution in [0.3, 0.4) is 0 Å². The van der Waals surface area contributed by atoms with Gasteiger partial charge in [-0.3, -0.25) is 14.9 Å². The molecule has 0 radical (unpaired) electrons. The van der Waals surface area contributed by atoms with Crippen molar-refractivity contribution in [3.63, 3.8) is 0 Å². The Bertz CT molecular complexity index is 536. The molecule has 1 fully saturated rings. The number of carbonyl (C=O) groups is 1. The van der Waals surface area contributed by atoms with Gasteiger partial charge in [-0.2, -0.15) is 0 Å². The Hall–Kier alpha value is -2.11. The summed E-state index contributed by atoms with van der Waals surface area (Å²) in [5, 5.41) is 13.8. The number of amides is 1. The maximum atomic E-state index is 12.3. The molecular weight excluding hydrogens is 258 g/mol. The third-order valence-electron chi connectivity index (χ3n) is 3.90. The summed E-state index contributed by atoms with van der Waals surface area (Å²) < 4.78 is 0. The number of nitrogens with zero attached hydrogens (tertiary/aromatic N) is 1. The topological polar surface area (TPSA) is 98.3 Å². The number of nitro benzene ring substituents is 1. The van der Waals surface area contributed by atoms with Gasteiger partial charge in [0.15, 0.2) is 0 Å². The van der Waals surface area contributed by atoms with Crippen molar-refractivity contribution in [2.75, 3.05) is 5.73 Å². The minimum atomic E-state index is -0.575. The van der Waals surface area contributed by atoms with E-state index in [2.05, 4.69) is 5.32 Å². The van der Waals surface area contributed by atoms with Gasteiger partial charge >= 0.3 is 0 Å². The van der Waals surface area contributed by atoms with Gasteiger partial charge in [0, 0.05) is 11.6 Å². The van der Waals surface area contributed by atoms with Crippen LogP contribution in [-0.4, -0.2) is 16.4 Å². The van der Waals surface area contributed by atoms with Crippen LogP contribution in [0.1, 0.15) is 49.4 Å². The molecule has 6 nitrogen and oxygen atoms in total. The Labute approximate surface area is 117 Å². The lowest BCUT2D eigenvalue weighted by atomic mass is 9.83. The van der Waals surface area contributed by atoms with Gasteiger partial charge in [-0.15, -0.1) is 0 Å². The lowest BCUT2D eigenvalue weighted by Gasteiger charge is -2.34. The van der Waals surface area contributed by atoms with Crippen molar-refractivity contribution in [1.82, 2.24) is 5.32 Å². The molecule has 0 spiro atoms. The van der Waals surface area contributed by atoms with Crippen molar-refractivity contribution in [1.29, 1.82) is 0 Å². The van der Waals surface area contributed by atoms with Crippen molar-refractivity contribution < 1.29 is 9.72 Å². The first-order chi connectivity index (χ1) is 9.43. The summed E-state index contributed by atoms with van der Waals surface area (Å²) in [4.78, 5) is 22.6. The van der Waals surface area contributed by atoms with E-state index in [0.717, 1.165) is 25.7 Å². The molecule has 0 unspecified atom stereocenters. The summed E-state index contributed by atoms with van der Waals surface area (Å²) in [6, 6.07) is 4.30. The Balaban J connectivity index is 2.21. The van der Waals surface area contributed by atoms with Crippen LogP contribution in [0.5, 0.6) is 0 Å². The number of para-hydroxylation sites is 1. The number of nitrogens with one attached hydrogen (secondary N) is 1. The van der Waals surface area contributed by atoms with Crippen molar-refractivity contribution >= 4 is 17.3 Å². The Morgan fingerprint density at radius 3 is 2.60 bits per heavy atom. The molecule has 1 amide bonds. The highest BCUT2D eigenvalue weighted by atomic mass is 16.6. The number of carbonyl (C=O) groups excluding carboxylic acids is 1. The van der Waals surface area contributed by atoms with E-state index >= 15 is 0 Å². The van der Waals surface area contributed by atoms with E-state index in [0.29, 0.717) is 0 Å². The molecular formula is C14H19N3O3. The number of rotatable bonds is 3. The quantitative estimate of drug-likeness (QED) is 0.504. The molecule has 6 heteroatoms. The van der Waals surface area contributed by atoms with Gasteiger partial charge in [0.1, 0.15) is 5.69 Å². The Morgan fingerprint density at radius 1 is 1.35 bits per heavy atom. The second kappa shape index (κ2) is 5.48. The van der Waals surface area contributed by atoms with E-state index in [4.69, 9.17) is 5.73 Å². The molecule has 1 saturated carbocycles. The number of nitrogen functional groups attached to an aromatic ring is 1. The van der Waals surface area contributed by atoms with Crippen LogP contribution >= 0.6 is 0 Å². The molecule has 2 rings (SSSR count). The molecule has 1 aliphatic carbocycles. The van der Waals surface area contributed by atoms with Crippen molar-refractivity contribution in [2.24, 2.45) is 0 Å². The molecule has 3 N–H and O–H groups in total. The number of hydrogen-bond donors (Lipinski definition) is 2. The van der Waals surface area contributed by atoms with Crippen LogP contribution in [0, 0.1) is 10.1 Å². The fraction of sp³-hybridized carbons (Fsp3) is 0.500. The largest absolute Gasteiger partial charge is 0.393 e.